The fourth-order valence-corrected chi connectivity index (χ4v) is 5.91. The molecule has 0 aliphatic heterocycles. The smallest absolute Gasteiger partial charge is 0.264 e. The number of carbonyl (C=O) groups excluding carboxylic acids is 1. The van der Waals surface area contributed by atoms with Crippen molar-refractivity contribution in [2.24, 2.45) is 5.10 Å². The molecule has 1 N–H and O–H groups in total. The number of nitrogens with zero attached hydrogens (tertiary/aromatic N) is 2. The van der Waals surface area contributed by atoms with E-state index in [2.05, 4.69) is 10.5 Å². The van der Waals surface area contributed by atoms with Gasteiger partial charge < -0.3 is 9.47 Å². The minimum atomic E-state index is -4.04. The molecule has 0 aromatic heterocycles. The fraction of sp³-hybridized carbons (Fsp3) is 0.212. The van der Waals surface area contributed by atoms with Crippen LogP contribution in [0.25, 0.3) is 0 Å². The van der Waals surface area contributed by atoms with Gasteiger partial charge in [0, 0.05) is 5.02 Å². The number of benzene rings is 4. The number of anilines is 1. The van der Waals surface area contributed by atoms with E-state index in [0.29, 0.717) is 41.0 Å². The molecule has 0 bridgehead atoms. The van der Waals surface area contributed by atoms with E-state index in [-0.39, 0.29) is 4.90 Å². The first kappa shape index (κ1) is 31.6. The minimum Gasteiger partial charge on any atom is -0.490 e. The molecule has 4 aromatic carbocycles. The second-order valence-electron chi connectivity index (χ2n) is 9.96. The Bertz CT molecular complexity index is 1710. The molecular weight excluding hydrogens is 586 g/mol. The lowest BCUT2D eigenvalue weighted by Gasteiger charge is -2.25. The molecule has 4 rings (SSSR count). The monoisotopic (exact) mass is 619 g/mol. The Balaban J connectivity index is 1.49. The standard InChI is InChI=1S/C33H34ClN3O5S/c1-5-41-32-19-27(11-17-31(32)42-22-26-9-12-28(34)13-10-26)20-35-36-33(38)21-37(30-16-8-24(3)18-25(30)4)43(39,40)29-14-6-23(2)7-15-29/h6-20H,5,21-22H2,1-4H3,(H,36,38)/b35-20-. The topological polar surface area (TPSA) is 97.3 Å². The van der Waals surface area contributed by atoms with E-state index in [1.165, 1.54) is 18.3 Å². The summed E-state index contributed by atoms with van der Waals surface area (Å²) in [4.78, 5) is 13.1. The Kier molecular flexibility index (Phi) is 10.4. The van der Waals surface area contributed by atoms with E-state index >= 15 is 0 Å². The summed E-state index contributed by atoms with van der Waals surface area (Å²) >= 11 is 5.96. The van der Waals surface area contributed by atoms with E-state index in [1.54, 1.807) is 48.5 Å². The number of hydrogen-bond donors (Lipinski definition) is 1. The van der Waals surface area contributed by atoms with Gasteiger partial charge in [0.25, 0.3) is 15.9 Å². The molecule has 0 radical (unpaired) electrons. The number of nitrogens with one attached hydrogen (secondary N) is 1. The minimum absolute atomic E-state index is 0.0937. The van der Waals surface area contributed by atoms with E-state index in [9.17, 15) is 13.2 Å². The highest BCUT2D eigenvalue weighted by Crippen LogP contribution is 2.30. The molecule has 0 aliphatic carbocycles. The molecule has 10 heteroatoms. The highest BCUT2D eigenvalue weighted by Gasteiger charge is 2.28. The summed E-state index contributed by atoms with van der Waals surface area (Å²) in [6.07, 6.45) is 1.46. The van der Waals surface area contributed by atoms with Crippen LogP contribution >= 0.6 is 11.6 Å². The van der Waals surface area contributed by atoms with Crippen LogP contribution in [0.2, 0.25) is 5.02 Å². The van der Waals surface area contributed by atoms with Gasteiger partial charge in [0.1, 0.15) is 13.2 Å². The molecule has 0 unspecified atom stereocenters. The van der Waals surface area contributed by atoms with E-state index in [4.69, 9.17) is 21.1 Å². The van der Waals surface area contributed by atoms with Gasteiger partial charge >= 0.3 is 0 Å². The zero-order valence-corrected chi connectivity index (χ0v) is 26.1. The summed E-state index contributed by atoms with van der Waals surface area (Å²) in [5, 5.41) is 4.72. The fourth-order valence-electron chi connectivity index (χ4n) is 4.30. The Morgan fingerprint density at radius 3 is 2.26 bits per heavy atom. The summed E-state index contributed by atoms with van der Waals surface area (Å²) in [5.74, 6) is 0.486. The zero-order valence-electron chi connectivity index (χ0n) is 24.5. The second-order valence-corrected chi connectivity index (χ2v) is 12.3. The Hall–Kier alpha value is -4.34. The maximum atomic E-state index is 13.7. The van der Waals surface area contributed by atoms with E-state index in [0.717, 1.165) is 26.6 Å². The van der Waals surface area contributed by atoms with Gasteiger partial charge in [-0.25, -0.2) is 13.8 Å². The van der Waals surface area contributed by atoms with Crippen LogP contribution in [0.15, 0.2) is 94.9 Å². The second kappa shape index (κ2) is 14.2. The molecular formula is C33H34ClN3O5S. The van der Waals surface area contributed by atoms with Crippen molar-refractivity contribution in [2.45, 2.75) is 39.2 Å². The van der Waals surface area contributed by atoms with Crippen LogP contribution in [0.3, 0.4) is 0 Å². The van der Waals surface area contributed by atoms with Gasteiger partial charge in [-0.1, -0.05) is 59.1 Å². The van der Waals surface area contributed by atoms with Crippen LogP contribution in [-0.4, -0.2) is 33.7 Å². The van der Waals surface area contributed by atoms with Crippen LogP contribution in [0.4, 0.5) is 5.69 Å². The predicted molar refractivity (Wildman–Crippen MR) is 171 cm³/mol. The first-order valence-corrected chi connectivity index (χ1v) is 15.5. The highest BCUT2D eigenvalue weighted by molar-refractivity contribution is 7.92. The first-order valence-electron chi connectivity index (χ1n) is 13.7. The molecule has 0 aliphatic rings. The van der Waals surface area contributed by atoms with Crippen LogP contribution in [-0.2, 0) is 21.4 Å². The number of ether oxygens (including phenoxy) is 2. The van der Waals surface area contributed by atoms with E-state index < -0.39 is 22.5 Å². The van der Waals surface area contributed by atoms with Crippen LogP contribution in [0, 0.1) is 20.8 Å². The van der Waals surface area contributed by atoms with Crippen molar-refractivity contribution in [1.82, 2.24) is 5.43 Å². The van der Waals surface area contributed by atoms with Gasteiger partial charge in [0.15, 0.2) is 11.5 Å². The first-order chi connectivity index (χ1) is 20.6. The van der Waals surface area contributed by atoms with Crippen molar-refractivity contribution in [2.75, 3.05) is 17.5 Å². The number of aryl methyl sites for hydroxylation is 3. The average molecular weight is 620 g/mol. The van der Waals surface area contributed by atoms with Crippen molar-refractivity contribution in [3.8, 4) is 11.5 Å². The maximum absolute atomic E-state index is 13.7. The number of rotatable bonds is 12. The van der Waals surface area contributed by atoms with Crippen molar-refractivity contribution >= 4 is 39.4 Å². The lowest BCUT2D eigenvalue weighted by molar-refractivity contribution is -0.119. The number of sulfonamides is 1. The van der Waals surface area contributed by atoms with Crippen LogP contribution in [0.1, 0.15) is 34.7 Å². The molecule has 0 saturated carbocycles. The molecule has 0 saturated heterocycles. The van der Waals surface area contributed by atoms with Gasteiger partial charge in [0.2, 0.25) is 0 Å². The van der Waals surface area contributed by atoms with Gasteiger partial charge in [-0.2, -0.15) is 5.10 Å². The summed E-state index contributed by atoms with van der Waals surface area (Å²) in [5.41, 5.74) is 7.12. The molecule has 8 nitrogen and oxygen atoms in total. The lowest BCUT2D eigenvalue weighted by atomic mass is 10.1. The molecule has 224 valence electrons. The molecule has 4 aromatic rings. The summed E-state index contributed by atoms with van der Waals surface area (Å²) < 4.78 is 40.2. The van der Waals surface area contributed by atoms with Crippen LogP contribution < -0.4 is 19.2 Å². The largest absolute Gasteiger partial charge is 0.490 e. The number of carbonyl (C=O) groups is 1. The number of halogens is 1. The third kappa shape index (κ3) is 8.37. The Morgan fingerprint density at radius 2 is 1.58 bits per heavy atom. The molecule has 1 amide bonds. The average Bonchev–Trinajstić information content (AvgIpc) is 2.97. The van der Waals surface area contributed by atoms with Crippen molar-refractivity contribution in [1.29, 1.82) is 0 Å². The molecule has 0 fully saturated rings. The molecule has 0 atom stereocenters. The van der Waals surface area contributed by atoms with E-state index in [1.807, 2.05) is 52.0 Å². The predicted octanol–water partition coefficient (Wildman–Crippen LogP) is 6.59. The number of amides is 1. The van der Waals surface area contributed by atoms with Gasteiger partial charge in [-0.3, -0.25) is 9.10 Å². The highest BCUT2D eigenvalue weighted by atomic mass is 35.5. The summed E-state index contributed by atoms with van der Waals surface area (Å²) in [6.45, 7) is 7.79. The Labute approximate surface area is 258 Å². The summed E-state index contributed by atoms with van der Waals surface area (Å²) in [6, 6.07) is 24.6. The molecule has 43 heavy (non-hydrogen) atoms. The molecule has 0 spiro atoms. The lowest BCUT2D eigenvalue weighted by Crippen LogP contribution is -2.40. The van der Waals surface area contributed by atoms with Gasteiger partial charge in [-0.15, -0.1) is 0 Å². The third-order valence-electron chi connectivity index (χ3n) is 6.50. The summed E-state index contributed by atoms with van der Waals surface area (Å²) in [7, 11) is -4.04. The maximum Gasteiger partial charge on any atom is 0.264 e. The van der Waals surface area contributed by atoms with Gasteiger partial charge in [-0.05, 0) is 92.9 Å². The SMILES string of the molecule is CCOc1cc(/C=N\NC(=O)CN(c2ccc(C)cc2C)S(=O)(=O)c2ccc(C)cc2)ccc1OCc1ccc(Cl)cc1. The quantitative estimate of drug-likeness (QED) is 0.143. The normalized spacial score (nSPS) is 11.4. The molecule has 0 heterocycles. The number of hydrogen-bond acceptors (Lipinski definition) is 6. The van der Waals surface area contributed by atoms with Crippen molar-refractivity contribution < 1.29 is 22.7 Å². The number of hydrazone groups is 1. The van der Waals surface area contributed by atoms with Crippen molar-refractivity contribution in [3.05, 3.63) is 118 Å². The van der Waals surface area contributed by atoms with Crippen LogP contribution in [0.5, 0.6) is 11.5 Å². The third-order valence-corrected chi connectivity index (χ3v) is 8.52. The van der Waals surface area contributed by atoms with Crippen molar-refractivity contribution in [3.63, 3.8) is 0 Å². The zero-order chi connectivity index (χ0) is 31.0. The Morgan fingerprint density at radius 1 is 0.884 bits per heavy atom. The van der Waals surface area contributed by atoms with Gasteiger partial charge in [0.05, 0.1) is 23.4 Å².